The summed E-state index contributed by atoms with van der Waals surface area (Å²) in [7, 11) is 0. The Hall–Kier alpha value is -1.23. The molecule has 0 bridgehead atoms. The molecule has 15 heavy (non-hydrogen) atoms. The Kier molecular flexibility index (Phi) is 4.42. The minimum Gasteiger partial charge on any atom is -0.457 e. The predicted octanol–water partition coefficient (Wildman–Crippen LogP) is -0.667. The average Bonchev–Trinajstić information content (AvgIpc) is 2.22. The number of aliphatic hydroxyl groups is 1. The number of hydrogen-bond donors (Lipinski definition) is 2. The second-order valence-corrected chi connectivity index (χ2v) is 3.40. The highest BCUT2D eigenvalue weighted by atomic mass is 16.5. The lowest BCUT2D eigenvalue weighted by molar-refractivity contribution is -0.140. The minimum absolute atomic E-state index is 0.0243. The fourth-order valence-corrected chi connectivity index (χ4v) is 1.53. The van der Waals surface area contributed by atoms with E-state index in [2.05, 4.69) is 10.1 Å². The van der Waals surface area contributed by atoms with Gasteiger partial charge >= 0.3 is 11.7 Å². The molecule has 1 aliphatic rings. The Morgan fingerprint density at radius 1 is 1.67 bits per heavy atom. The maximum Gasteiger partial charge on any atom is 0.418 e. The molecule has 0 radical (unpaired) electrons. The van der Waals surface area contributed by atoms with E-state index in [9.17, 15) is 9.90 Å². The number of ether oxygens (including phenoxy) is 1. The van der Waals surface area contributed by atoms with E-state index < -0.39 is 12.1 Å². The number of hydrogen-bond acceptors (Lipinski definition) is 4. The van der Waals surface area contributed by atoms with Gasteiger partial charge in [-0.1, -0.05) is 0 Å². The number of piperidine rings is 1. The molecule has 0 amide bonds. The zero-order valence-corrected chi connectivity index (χ0v) is 8.64. The van der Waals surface area contributed by atoms with Crippen LogP contribution >= 0.6 is 0 Å². The standard InChI is InChI=1S/C9H15N3O3/c1-2-15-9(14)8(12-10)7-4-3-6(13)5-11-7/h6-7,11,13H,2-5H2,1H3/t6-,7-/m0/s1. The van der Waals surface area contributed by atoms with E-state index >= 15 is 0 Å². The second-order valence-electron chi connectivity index (χ2n) is 3.40. The number of nitrogens with zero attached hydrogens (tertiary/aromatic N) is 2. The molecule has 0 aromatic rings. The topological polar surface area (TPSA) is 95.0 Å². The summed E-state index contributed by atoms with van der Waals surface area (Å²) in [6.07, 6.45) is 0.735. The first-order chi connectivity index (χ1) is 7.19. The molecule has 0 spiro atoms. The molecule has 1 heterocycles. The fourth-order valence-electron chi connectivity index (χ4n) is 1.53. The van der Waals surface area contributed by atoms with Gasteiger partial charge in [0, 0.05) is 6.54 Å². The molecule has 2 atom stereocenters. The molecule has 0 unspecified atom stereocenters. The summed E-state index contributed by atoms with van der Waals surface area (Å²) in [5.74, 6) is -0.617. The summed E-state index contributed by atoms with van der Waals surface area (Å²) in [5, 5.41) is 12.2. The van der Waals surface area contributed by atoms with Crippen molar-refractivity contribution in [1.29, 1.82) is 0 Å². The Morgan fingerprint density at radius 2 is 2.40 bits per heavy atom. The van der Waals surface area contributed by atoms with Gasteiger partial charge in [0.1, 0.15) is 6.04 Å². The third-order valence-electron chi connectivity index (χ3n) is 2.31. The number of aliphatic hydroxyl groups excluding tert-OH is 1. The molecule has 84 valence electrons. The van der Waals surface area contributed by atoms with Crippen LogP contribution in [0.3, 0.4) is 0 Å². The van der Waals surface area contributed by atoms with Gasteiger partial charge < -0.3 is 20.7 Å². The van der Waals surface area contributed by atoms with Crippen molar-refractivity contribution >= 4 is 11.7 Å². The quantitative estimate of drug-likeness (QED) is 0.281. The summed E-state index contributed by atoms with van der Waals surface area (Å²) < 4.78 is 4.74. The molecule has 0 aromatic carbocycles. The number of β-amino-alcohol motifs (C(OH)–C–C–N with tert-alkyl or cyclic N) is 1. The summed E-state index contributed by atoms with van der Waals surface area (Å²) in [6.45, 7) is 2.32. The normalized spacial score (nSPS) is 25.5. The van der Waals surface area contributed by atoms with Crippen molar-refractivity contribution in [2.75, 3.05) is 13.2 Å². The Morgan fingerprint density at radius 3 is 2.87 bits per heavy atom. The smallest absolute Gasteiger partial charge is 0.418 e. The minimum atomic E-state index is -0.617. The SMILES string of the molecule is CCOC(=O)C(=[N+]=[N-])[C@@H]1CC[C@H](O)CN1. The van der Waals surface area contributed by atoms with Crippen LogP contribution in [0.25, 0.3) is 5.53 Å². The van der Waals surface area contributed by atoms with Crippen LogP contribution in [0, 0.1) is 0 Å². The summed E-state index contributed by atoms with van der Waals surface area (Å²) in [4.78, 5) is 14.3. The van der Waals surface area contributed by atoms with Crippen molar-refractivity contribution in [2.24, 2.45) is 0 Å². The lowest BCUT2D eigenvalue weighted by Crippen LogP contribution is -2.49. The van der Waals surface area contributed by atoms with E-state index in [-0.39, 0.29) is 18.4 Å². The van der Waals surface area contributed by atoms with E-state index in [0.717, 1.165) is 0 Å². The molecular formula is C9H15N3O3. The van der Waals surface area contributed by atoms with Crippen molar-refractivity contribution in [1.82, 2.24) is 5.32 Å². The molecule has 1 rings (SSSR count). The van der Waals surface area contributed by atoms with Gasteiger partial charge in [0.2, 0.25) is 0 Å². The zero-order chi connectivity index (χ0) is 11.3. The molecule has 2 N–H and O–H groups in total. The van der Waals surface area contributed by atoms with Crippen LogP contribution < -0.4 is 5.32 Å². The zero-order valence-electron chi connectivity index (χ0n) is 8.64. The van der Waals surface area contributed by atoms with Gasteiger partial charge in [0.25, 0.3) is 0 Å². The Bertz CT molecular complexity index is 278. The van der Waals surface area contributed by atoms with Gasteiger partial charge in [0.05, 0.1) is 12.7 Å². The molecule has 6 nitrogen and oxygen atoms in total. The van der Waals surface area contributed by atoms with Crippen LogP contribution in [0.5, 0.6) is 0 Å². The molecule has 0 aromatic heterocycles. The molecule has 6 heteroatoms. The third-order valence-corrected chi connectivity index (χ3v) is 2.31. The van der Waals surface area contributed by atoms with Crippen LogP contribution in [0.1, 0.15) is 19.8 Å². The van der Waals surface area contributed by atoms with Gasteiger partial charge in [-0.2, -0.15) is 4.79 Å². The van der Waals surface area contributed by atoms with Crippen molar-refractivity contribution in [2.45, 2.75) is 31.9 Å². The summed E-state index contributed by atoms with van der Waals surface area (Å²) in [5.41, 5.74) is 8.70. The molecule has 1 saturated heterocycles. The molecule has 1 fully saturated rings. The van der Waals surface area contributed by atoms with E-state index in [4.69, 9.17) is 10.3 Å². The first-order valence-corrected chi connectivity index (χ1v) is 4.99. The van der Waals surface area contributed by atoms with Gasteiger partial charge in [0.15, 0.2) is 0 Å². The monoisotopic (exact) mass is 213 g/mol. The summed E-state index contributed by atoms with van der Waals surface area (Å²) in [6, 6.07) is -0.336. The molecule has 1 aliphatic heterocycles. The van der Waals surface area contributed by atoms with Crippen LogP contribution in [0.2, 0.25) is 0 Å². The lowest BCUT2D eigenvalue weighted by atomic mass is 9.99. The van der Waals surface area contributed by atoms with E-state index in [0.29, 0.717) is 19.4 Å². The highest BCUT2D eigenvalue weighted by Gasteiger charge is 2.35. The Labute approximate surface area is 87.9 Å². The third kappa shape index (κ3) is 3.13. The molecular weight excluding hydrogens is 198 g/mol. The van der Waals surface area contributed by atoms with E-state index in [1.165, 1.54) is 0 Å². The van der Waals surface area contributed by atoms with Gasteiger partial charge in [-0.15, -0.1) is 0 Å². The molecule has 0 saturated carbocycles. The number of carbonyl (C=O) groups is 1. The van der Waals surface area contributed by atoms with Crippen LogP contribution in [-0.2, 0) is 9.53 Å². The van der Waals surface area contributed by atoms with Crippen LogP contribution in [0.4, 0.5) is 0 Å². The first-order valence-electron chi connectivity index (χ1n) is 4.99. The summed E-state index contributed by atoms with van der Waals surface area (Å²) >= 11 is 0. The first kappa shape index (κ1) is 11.8. The number of esters is 1. The predicted molar refractivity (Wildman–Crippen MR) is 52.3 cm³/mol. The van der Waals surface area contributed by atoms with E-state index in [1.807, 2.05) is 0 Å². The largest absolute Gasteiger partial charge is 0.457 e. The number of carbonyl (C=O) groups excluding carboxylic acids is 1. The Balaban J connectivity index is 2.60. The van der Waals surface area contributed by atoms with Crippen molar-refractivity contribution in [3.8, 4) is 0 Å². The van der Waals surface area contributed by atoms with Gasteiger partial charge in [-0.25, -0.2) is 4.79 Å². The molecule has 0 aliphatic carbocycles. The van der Waals surface area contributed by atoms with Crippen molar-refractivity contribution in [3.63, 3.8) is 0 Å². The van der Waals surface area contributed by atoms with Crippen LogP contribution in [-0.4, -0.2) is 46.9 Å². The fraction of sp³-hybridized carbons (Fsp3) is 0.778. The van der Waals surface area contributed by atoms with Crippen molar-refractivity contribution < 1.29 is 19.4 Å². The maximum absolute atomic E-state index is 11.3. The number of nitrogens with one attached hydrogen (secondary N) is 1. The van der Waals surface area contributed by atoms with Crippen LogP contribution in [0.15, 0.2) is 0 Å². The lowest BCUT2D eigenvalue weighted by Gasteiger charge is -2.23. The highest BCUT2D eigenvalue weighted by molar-refractivity contribution is 6.36. The maximum atomic E-state index is 11.3. The van der Waals surface area contributed by atoms with Crippen molar-refractivity contribution in [3.05, 3.63) is 5.53 Å². The average molecular weight is 213 g/mol. The van der Waals surface area contributed by atoms with Gasteiger partial charge in [-0.05, 0) is 19.8 Å². The highest BCUT2D eigenvalue weighted by Crippen LogP contribution is 2.09. The number of rotatable bonds is 3. The van der Waals surface area contributed by atoms with Gasteiger partial charge in [-0.3, -0.25) is 0 Å². The van der Waals surface area contributed by atoms with E-state index in [1.54, 1.807) is 6.92 Å². The second kappa shape index (κ2) is 5.60.